The Hall–Kier alpha value is -1.18. The summed E-state index contributed by atoms with van der Waals surface area (Å²) in [5, 5.41) is 17.5. The van der Waals surface area contributed by atoms with Gasteiger partial charge >= 0.3 is 5.97 Å². The summed E-state index contributed by atoms with van der Waals surface area (Å²) in [5.41, 5.74) is 0.747. The predicted molar refractivity (Wildman–Crippen MR) is 54.9 cm³/mol. The molecule has 0 saturated carbocycles. The van der Waals surface area contributed by atoms with Crippen molar-refractivity contribution in [2.75, 3.05) is 0 Å². The number of thiol groups is 1. The molecule has 5 heteroatoms. The van der Waals surface area contributed by atoms with Gasteiger partial charge in [0.25, 0.3) is 0 Å². The minimum atomic E-state index is -1.09. The van der Waals surface area contributed by atoms with Gasteiger partial charge in [-0.15, -0.1) is 24.2 Å². The number of hydrogen-bond donors (Lipinski definition) is 2. The molecule has 0 aromatic heterocycles. The first-order valence-electron chi connectivity index (χ1n) is 3.65. The zero-order chi connectivity index (χ0) is 10.7. The predicted octanol–water partition coefficient (Wildman–Crippen LogP) is 2.28. The Labute approximate surface area is 91.3 Å². The molecule has 0 aliphatic carbocycles. The highest BCUT2D eigenvalue weighted by atomic mass is 35.5. The van der Waals surface area contributed by atoms with E-state index in [0.29, 0.717) is 10.5 Å². The molecular weight excluding hydrogens is 222 g/mol. The maximum absolute atomic E-state index is 10.8. The zero-order valence-corrected chi connectivity index (χ0v) is 8.64. The van der Waals surface area contributed by atoms with Gasteiger partial charge in [0.05, 0.1) is 11.1 Å². The summed E-state index contributed by atoms with van der Waals surface area (Å²) >= 11 is 9.61. The number of hydrogen-bond acceptors (Lipinski definition) is 3. The highest BCUT2D eigenvalue weighted by Crippen LogP contribution is 2.21. The van der Waals surface area contributed by atoms with Crippen molar-refractivity contribution in [2.45, 2.75) is 10.8 Å². The number of alkyl halides is 1. The number of halogens is 1. The second-order valence-electron chi connectivity index (χ2n) is 2.58. The number of benzene rings is 1. The Morgan fingerprint density at radius 2 is 2.29 bits per heavy atom. The lowest BCUT2D eigenvalue weighted by atomic mass is 10.1. The molecule has 0 amide bonds. The number of nitrogens with zero attached hydrogens (tertiary/aromatic N) is 1. The topological polar surface area (TPSA) is 61.1 Å². The van der Waals surface area contributed by atoms with Crippen molar-refractivity contribution in [3.05, 3.63) is 28.8 Å². The normalized spacial score (nSPS) is 9.50. The first kappa shape index (κ1) is 10.9. The van der Waals surface area contributed by atoms with Gasteiger partial charge in [-0.1, -0.05) is 0 Å². The summed E-state index contributed by atoms with van der Waals surface area (Å²) in [6.45, 7) is 0. The van der Waals surface area contributed by atoms with Crippen LogP contribution in [0.15, 0.2) is 17.0 Å². The third kappa shape index (κ3) is 2.00. The van der Waals surface area contributed by atoms with E-state index >= 15 is 0 Å². The number of rotatable bonds is 2. The second-order valence-corrected chi connectivity index (χ2v) is 3.33. The van der Waals surface area contributed by atoms with Crippen molar-refractivity contribution in [1.82, 2.24) is 0 Å². The van der Waals surface area contributed by atoms with Gasteiger partial charge < -0.3 is 5.11 Å². The van der Waals surface area contributed by atoms with E-state index in [1.165, 1.54) is 12.1 Å². The molecule has 0 atom stereocenters. The monoisotopic (exact) mass is 227 g/mol. The molecule has 1 rings (SSSR count). The zero-order valence-electron chi connectivity index (χ0n) is 6.99. The van der Waals surface area contributed by atoms with Crippen LogP contribution in [0.2, 0.25) is 0 Å². The van der Waals surface area contributed by atoms with Crippen LogP contribution >= 0.6 is 24.2 Å². The number of aromatic carboxylic acids is 1. The van der Waals surface area contributed by atoms with Crippen molar-refractivity contribution >= 4 is 30.2 Å². The molecule has 0 saturated heterocycles. The van der Waals surface area contributed by atoms with Gasteiger partial charge in [-0.2, -0.15) is 5.26 Å². The molecule has 0 radical (unpaired) electrons. The van der Waals surface area contributed by atoms with Gasteiger partial charge in [0, 0.05) is 10.8 Å². The molecule has 0 spiro atoms. The fourth-order valence-corrected chi connectivity index (χ4v) is 1.52. The summed E-state index contributed by atoms with van der Waals surface area (Å²) in [7, 11) is 0. The SMILES string of the molecule is N#Cc1cc(C(=O)O)c(CCl)cc1S. The fraction of sp³-hybridized carbons (Fsp3) is 0.111. The molecular formula is C9H6ClNO2S. The van der Waals surface area contributed by atoms with E-state index in [0.717, 1.165) is 0 Å². The average Bonchev–Trinajstić information content (AvgIpc) is 2.16. The third-order valence-electron chi connectivity index (χ3n) is 1.72. The smallest absolute Gasteiger partial charge is 0.336 e. The molecule has 1 aromatic carbocycles. The lowest BCUT2D eigenvalue weighted by Crippen LogP contribution is -2.02. The summed E-state index contributed by atoms with van der Waals surface area (Å²) in [4.78, 5) is 11.2. The van der Waals surface area contributed by atoms with Gasteiger partial charge in [0.2, 0.25) is 0 Å². The van der Waals surface area contributed by atoms with Crippen molar-refractivity contribution < 1.29 is 9.90 Å². The lowest BCUT2D eigenvalue weighted by molar-refractivity contribution is 0.0696. The van der Waals surface area contributed by atoms with E-state index in [1.54, 1.807) is 0 Å². The Morgan fingerprint density at radius 3 is 2.71 bits per heavy atom. The summed E-state index contributed by atoms with van der Waals surface area (Å²) < 4.78 is 0. The minimum absolute atomic E-state index is 0.0503. The van der Waals surface area contributed by atoms with Crippen LogP contribution in [0.25, 0.3) is 0 Å². The molecule has 0 unspecified atom stereocenters. The molecule has 72 valence electrons. The van der Waals surface area contributed by atoms with Crippen LogP contribution in [0.5, 0.6) is 0 Å². The van der Waals surface area contributed by atoms with Crippen LogP contribution in [0, 0.1) is 11.3 Å². The van der Waals surface area contributed by atoms with E-state index in [9.17, 15) is 4.79 Å². The van der Waals surface area contributed by atoms with Crippen molar-refractivity contribution in [1.29, 1.82) is 5.26 Å². The highest BCUT2D eigenvalue weighted by Gasteiger charge is 2.12. The highest BCUT2D eigenvalue weighted by molar-refractivity contribution is 7.80. The maximum Gasteiger partial charge on any atom is 0.336 e. The van der Waals surface area contributed by atoms with Gasteiger partial charge in [-0.25, -0.2) is 4.79 Å². The quantitative estimate of drug-likeness (QED) is 0.602. The van der Waals surface area contributed by atoms with Crippen LogP contribution in [0.1, 0.15) is 21.5 Å². The Bertz CT molecular complexity index is 426. The molecule has 1 aromatic rings. The Morgan fingerprint density at radius 1 is 1.64 bits per heavy atom. The maximum atomic E-state index is 10.8. The molecule has 1 N–H and O–H groups in total. The van der Waals surface area contributed by atoms with Crippen LogP contribution < -0.4 is 0 Å². The lowest BCUT2D eigenvalue weighted by Gasteiger charge is -2.04. The van der Waals surface area contributed by atoms with Gasteiger partial charge in [-0.3, -0.25) is 0 Å². The number of carbonyl (C=O) groups is 1. The fourth-order valence-electron chi connectivity index (χ4n) is 1.03. The molecule has 3 nitrogen and oxygen atoms in total. The van der Waals surface area contributed by atoms with E-state index < -0.39 is 5.97 Å². The molecule has 0 aliphatic heterocycles. The first-order valence-corrected chi connectivity index (χ1v) is 4.63. The van der Waals surface area contributed by atoms with E-state index in [-0.39, 0.29) is 17.0 Å². The van der Waals surface area contributed by atoms with Crippen LogP contribution in [0.4, 0.5) is 0 Å². The number of carboxylic acid groups (broad SMARTS) is 1. The standard InChI is InChI=1S/C9H6ClNO2S/c10-3-5-2-8(14)6(4-11)1-7(5)9(12)13/h1-2,14H,3H2,(H,12,13). The van der Waals surface area contributed by atoms with E-state index in [2.05, 4.69) is 12.6 Å². The van der Waals surface area contributed by atoms with Crippen LogP contribution in [-0.4, -0.2) is 11.1 Å². The van der Waals surface area contributed by atoms with Gasteiger partial charge in [-0.05, 0) is 17.7 Å². The van der Waals surface area contributed by atoms with Crippen molar-refractivity contribution in [3.8, 4) is 6.07 Å². The van der Waals surface area contributed by atoms with Crippen LogP contribution in [-0.2, 0) is 5.88 Å². The van der Waals surface area contributed by atoms with Crippen molar-refractivity contribution in [2.24, 2.45) is 0 Å². The molecule has 0 heterocycles. The van der Waals surface area contributed by atoms with E-state index in [1.807, 2.05) is 6.07 Å². The van der Waals surface area contributed by atoms with Crippen LogP contribution in [0.3, 0.4) is 0 Å². The molecule has 0 bridgehead atoms. The Kier molecular flexibility index (Phi) is 3.39. The Balaban J connectivity index is 3.42. The first-order chi connectivity index (χ1) is 6.60. The third-order valence-corrected chi connectivity index (χ3v) is 2.37. The largest absolute Gasteiger partial charge is 0.478 e. The summed E-state index contributed by atoms with van der Waals surface area (Å²) in [6.07, 6.45) is 0. The molecule has 0 fully saturated rings. The van der Waals surface area contributed by atoms with E-state index in [4.69, 9.17) is 22.0 Å². The second kappa shape index (κ2) is 4.36. The average molecular weight is 228 g/mol. The number of nitriles is 1. The van der Waals surface area contributed by atoms with Gasteiger partial charge in [0.1, 0.15) is 6.07 Å². The van der Waals surface area contributed by atoms with Crippen molar-refractivity contribution in [3.63, 3.8) is 0 Å². The van der Waals surface area contributed by atoms with Gasteiger partial charge in [0.15, 0.2) is 0 Å². The number of carboxylic acids is 1. The molecule has 14 heavy (non-hydrogen) atoms. The minimum Gasteiger partial charge on any atom is -0.478 e. The summed E-state index contributed by atoms with van der Waals surface area (Å²) in [6, 6.07) is 4.64. The summed E-state index contributed by atoms with van der Waals surface area (Å²) in [5.74, 6) is -1.01. The molecule has 0 aliphatic rings.